The number of hydrogen-bond donors (Lipinski definition) is 0. The fraction of sp³-hybridized carbons (Fsp3) is 0.935. The van der Waals surface area contributed by atoms with E-state index in [1.807, 2.05) is 0 Å². The van der Waals surface area contributed by atoms with Crippen molar-refractivity contribution in [1.82, 2.24) is 0 Å². The van der Waals surface area contributed by atoms with Crippen molar-refractivity contribution in [2.45, 2.75) is 374 Å². The van der Waals surface area contributed by atoms with Crippen molar-refractivity contribution in [3.63, 3.8) is 0 Å². The van der Waals surface area contributed by atoms with Crippen molar-refractivity contribution in [3.05, 3.63) is 0 Å². The van der Waals surface area contributed by atoms with Gasteiger partial charge in [0.1, 0.15) is 0 Å². The van der Waals surface area contributed by atoms with Crippen molar-refractivity contribution in [2.24, 2.45) is 0 Å². The first-order valence-corrected chi connectivity index (χ1v) is 30.9. The summed E-state index contributed by atoms with van der Waals surface area (Å²) in [4.78, 5) is 40.6. The predicted octanol–water partition coefficient (Wildman–Crippen LogP) is 15.7. The number of carbonyl (C=O) groups excluding carboxylic acids is 4. The Balaban J connectivity index is -0.000000278. The second-order valence-electron chi connectivity index (χ2n) is 20.8. The summed E-state index contributed by atoms with van der Waals surface area (Å²) in [5.41, 5.74) is 0. The molecule has 9 heteroatoms. The Hall–Kier alpha value is -1.32. The van der Waals surface area contributed by atoms with Gasteiger partial charge in [0.15, 0.2) is 0 Å². The molecule has 0 rings (SSSR count). The molecule has 0 fully saturated rings. The van der Waals surface area contributed by atoms with Crippen LogP contribution in [0.5, 0.6) is 0 Å². The second-order valence-corrected chi connectivity index (χ2v) is 20.8. The molecule has 0 saturated heterocycles. The normalized spacial score (nSPS) is 10.5. The van der Waals surface area contributed by atoms with Gasteiger partial charge in [-0.05, 0) is 51.4 Å². The minimum absolute atomic E-state index is 0. The third kappa shape index (κ3) is 95.1. The van der Waals surface area contributed by atoms with Crippen LogP contribution in [0.4, 0.5) is 0 Å². The largest absolute Gasteiger partial charge is 4.00 e. The standard InChI is InChI=1S/3C18H36O2.C8H16O2.Sn/c3*1-2-3-4-5-6-7-8-9-10-11-12-13-14-15-16-17-18(19)20;1-2-3-4-5-6-7-8(9)10;/h3*2-17H2,1H3,(H,19,20);2-7H2,1H3,(H,9,10);/q;;;;+4/p-4. The first kappa shape index (κ1) is 78.6. The maximum Gasteiger partial charge on any atom is 4.00 e. The van der Waals surface area contributed by atoms with Gasteiger partial charge in [-0.2, -0.15) is 0 Å². The Morgan fingerprint density at radius 1 is 0.183 bits per heavy atom. The molecule has 0 aliphatic carbocycles. The molecule has 0 amide bonds. The summed E-state index contributed by atoms with van der Waals surface area (Å²) < 4.78 is 0. The molecular weight excluding hydrogens is 991 g/mol. The third-order valence-electron chi connectivity index (χ3n) is 13.4. The molecule has 0 aromatic carbocycles. The fourth-order valence-electron chi connectivity index (χ4n) is 8.79. The quantitative estimate of drug-likeness (QED) is 0.0430. The molecule has 0 aliphatic rings. The summed E-state index contributed by atoms with van der Waals surface area (Å²) in [6.07, 6.45) is 65.2. The van der Waals surface area contributed by atoms with Crippen LogP contribution in [0.25, 0.3) is 0 Å². The van der Waals surface area contributed by atoms with Gasteiger partial charge in [0.2, 0.25) is 0 Å². The van der Waals surface area contributed by atoms with Gasteiger partial charge in [0.05, 0.1) is 0 Å². The number of unbranched alkanes of at least 4 members (excludes halogenated alkanes) is 46. The minimum atomic E-state index is -0.920. The van der Waals surface area contributed by atoms with E-state index in [1.165, 1.54) is 263 Å². The van der Waals surface area contributed by atoms with Crippen LogP contribution in [0.3, 0.4) is 0 Å². The summed E-state index contributed by atoms with van der Waals surface area (Å²) in [6.45, 7) is 8.94. The van der Waals surface area contributed by atoms with Crippen molar-refractivity contribution < 1.29 is 39.6 Å². The third-order valence-corrected chi connectivity index (χ3v) is 13.4. The van der Waals surface area contributed by atoms with Crippen LogP contribution < -0.4 is 20.4 Å². The smallest absolute Gasteiger partial charge is 0.550 e. The number of carbonyl (C=O) groups is 4. The van der Waals surface area contributed by atoms with Gasteiger partial charge in [-0.15, -0.1) is 0 Å². The van der Waals surface area contributed by atoms with Gasteiger partial charge in [0.25, 0.3) is 0 Å². The van der Waals surface area contributed by atoms with Gasteiger partial charge in [0, 0.05) is 23.9 Å². The minimum Gasteiger partial charge on any atom is -0.550 e. The van der Waals surface area contributed by atoms with Crippen LogP contribution in [-0.4, -0.2) is 47.8 Å². The first-order chi connectivity index (χ1) is 34.1. The molecule has 0 radical (unpaired) electrons. The Morgan fingerprint density at radius 3 is 0.352 bits per heavy atom. The van der Waals surface area contributed by atoms with Crippen LogP contribution in [0.15, 0.2) is 0 Å². The van der Waals surface area contributed by atoms with E-state index in [-0.39, 0.29) is 49.6 Å². The van der Waals surface area contributed by atoms with Gasteiger partial charge < -0.3 is 39.6 Å². The van der Waals surface area contributed by atoms with E-state index in [2.05, 4.69) is 27.7 Å². The topological polar surface area (TPSA) is 161 Å². The summed E-state index contributed by atoms with van der Waals surface area (Å²) in [5, 5.41) is 40.6. The average Bonchev–Trinajstić information content (AvgIpc) is 3.33. The van der Waals surface area contributed by atoms with Crippen LogP contribution in [0.2, 0.25) is 0 Å². The fourth-order valence-corrected chi connectivity index (χ4v) is 8.79. The summed E-state index contributed by atoms with van der Waals surface area (Å²) >= 11 is 0. The van der Waals surface area contributed by atoms with Gasteiger partial charge in [-0.25, -0.2) is 0 Å². The zero-order chi connectivity index (χ0) is 52.5. The van der Waals surface area contributed by atoms with E-state index in [9.17, 15) is 39.6 Å². The van der Waals surface area contributed by atoms with E-state index in [0.29, 0.717) is 0 Å². The Morgan fingerprint density at radius 2 is 0.268 bits per heavy atom. The van der Waals surface area contributed by atoms with E-state index in [1.54, 1.807) is 0 Å². The molecular formula is C62H120O8Sn. The monoisotopic (exact) mass is 1110 g/mol. The number of carboxylic acid groups (broad SMARTS) is 4. The van der Waals surface area contributed by atoms with Crippen LogP contribution in [0, 0.1) is 0 Å². The molecule has 0 aliphatic heterocycles. The molecule has 8 nitrogen and oxygen atoms in total. The van der Waals surface area contributed by atoms with E-state index < -0.39 is 23.9 Å². The Bertz CT molecular complexity index is 903. The maximum absolute atomic E-state index is 10.2. The predicted molar refractivity (Wildman–Crippen MR) is 298 cm³/mol. The molecule has 420 valence electrons. The molecule has 71 heavy (non-hydrogen) atoms. The van der Waals surface area contributed by atoms with Crippen LogP contribution in [-0.2, 0) is 19.2 Å². The van der Waals surface area contributed by atoms with Crippen molar-refractivity contribution in [1.29, 1.82) is 0 Å². The molecule has 0 N–H and O–H groups in total. The number of hydrogen-bond acceptors (Lipinski definition) is 8. The van der Waals surface area contributed by atoms with Crippen molar-refractivity contribution in [3.8, 4) is 0 Å². The average molecular weight is 1110 g/mol. The molecule has 0 aromatic heterocycles. The van der Waals surface area contributed by atoms with Crippen LogP contribution >= 0.6 is 0 Å². The van der Waals surface area contributed by atoms with Gasteiger partial charge in [-0.1, -0.05) is 323 Å². The van der Waals surface area contributed by atoms with E-state index in [0.717, 1.165) is 57.8 Å². The summed E-state index contributed by atoms with van der Waals surface area (Å²) in [7, 11) is 0. The van der Waals surface area contributed by atoms with Crippen molar-refractivity contribution in [2.75, 3.05) is 0 Å². The van der Waals surface area contributed by atoms with Crippen molar-refractivity contribution >= 4 is 47.8 Å². The summed E-state index contributed by atoms with van der Waals surface area (Å²) in [5.74, 6) is -3.63. The van der Waals surface area contributed by atoms with Gasteiger partial charge in [-0.3, -0.25) is 0 Å². The molecule has 0 unspecified atom stereocenters. The van der Waals surface area contributed by atoms with Gasteiger partial charge >= 0.3 is 23.9 Å². The Labute approximate surface area is 459 Å². The molecule has 0 saturated carbocycles. The molecule has 0 heterocycles. The number of carboxylic acids is 4. The maximum atomic E-state index is 10.2. The second kappa shape index (κ2) is 75.2. The molecule has 0 bridgehead atoms. The first-order valence-electron chi connectivity index (χ1n) is 30.9. The number of rotatable bonds is 54. The molecule has 0 spiro atoms. The zero-order valence-electron chi connectivity index (χ0n) is 47.9. The number of aliphatic carboxylic acids is 4. The Kier molecular flexibility index (Phi) is 83.2. The molecule has 0 aromatic rings. The van der Waals surface area contributed by atoms with Crippen LogP contribution in [0.1, 0.15) is 374 Å². The SMILES string of the molecule is CCCCCCCC(=O)[O-].CCCCCCCCCCCCCCCCCC(=O)[O-].CCCCCCCCCCCCCCCCCC(=O)[O-].CCCCCCCCCCCCCCCCCC(=O)[O-].[Sn+4]. The zero-order valence-corrected chi connectivity index (χ0v) is 50.8. The molecule has 0 atom stereocenters. The summed E-state index contributed by atoms with van der Waals surface area (Å²) in [6, 6.07) is 0. The van der Waals surface area contributed by atoms with E-state index >= 15 is 0 Å². The van der Waals surface area contributed by atoms with E-state index in [4.69, 9.17) is 0 Å².